The highest BCUT2D eigenvalue weighted by atomic mass is 32.2. The number of nitrogens with zero attached hydrogens (tertiary/aromatic N) is 1. The van der Waals surface area contributed by atoms with Gasteiger partial charge in [0.25, 0.3) is 5.91 Å². The van der Waals surface area contributed by atoms with Crippen LogP contribution < -0.4 is 10.0 Å². The summed E-state index contributed by atoms with van der Waals surface area (Å²) in [7, 11) is -3.51. The van der Waals surface area contributed by atoms with Crippen LogP contribution in [-0.4, -0.2) is 64.7 Å². The standard InChI is InChI=1S/C19H31N3O4S/c1-4-21-27(24,25)18-7-5-16(6-8-18)19(23)20-14-17(13-15(2)3)22-9-11-26-12-10-22/h5-8,15,17,21H,4,9-14H2,1-3H3,(H,20,23). The summed E-state index contributed by atoms with van der Waals surface area (Å²) in [5.74, 6) is 0.342. The van der Waals surface area contributed by atoms with Crippen molar-refractivity contribution < 1.29 is 17.9 Å². The lowest BCUT2D eigenvalue weighted by Crippen LogP contribution is -2.49. The molecule has 152 valence electrons. The number of amides is 1. The van der Waals surface area contributed by atoms with E-state index in [2.05, 4.69) is 28.8 Å². The second-order valence-electron chi connectivity index (χ2n) is 7.17. The SMILES string of the molecule is CCNS(=O)(=O)c1ccc(C(=O)NCC(CC(C)C)N2CCOCC2)cc1. The van der Waals surface area contributed by atoms with Crippen LogP contribution in [0.1, 0.15) is 37.6 Å². The molecule has 0 aliphatic carbocycles. The number of benzene rings is 1. The monoisotopic (exact) mass is 397 g/mol. The molecule has 1 saturated heterocycles. The number of nitrogens with one attached hydrogen (secondary N) is 2. The lowest BCUT2D eigenvalue weighted by atomic mass is 10.0. The molecule has 1 aliphatic rings. The van der Waals surface area contributed by atoms with Crippen molar-refractivity contribution in [3.8, 4) is 0 Å². The summed E-state index contributed by atoms with van der Waals surface area (Å²) in [6.45, 7) is 10.2. The number of ether oxygens (including phenoxy) is 1. The fraction of sp³-hybridized carbons (Fsp3) is 0.632. The molecule has 1 unspecified atom stereocenters. The van der Waals surface area contributed by atoms with Crippen LogP contribution >= 0.6 is 0 Å². The molecule has 7 nitrogen and oxygen atoms in total. The topological polar surface area (TPSA) is 87.7 Å². The second kappa shape index (κ2) is 10.2. The quantitative estimate of drug-likeness (QED) is 0.659. The van der Waals surface area contributed by atoms with Gasteiger partial charge in [0.1, 0.15) is 0 Å². The molecule has 2 N–H and O–H groups in total. The minimum Gasteiger partial charge on any atom is -0.379 e. The van der Waals surface area contributed by atoms with Gasteiger partial charge in [-0.1, -0.05) is 20.8 Å². The zero-order chi connectivity index (χ0) is 19.9. The van der Waals surface area contributed by atoms with Gasteiger partial charge in [0, 0.05) is 37.8 Å². The summed E-state index contributed by atoms with van der Waals surface area (Å²) in [5, 5.41) is 3.00. The number of hydrogen-bond donors (Lipinski definition) is 2. The summed E-state index contributed by atoms with van der Waals surface area (Å²) in [6.07, 6.45) is 1.00. The third-order valence-corrected chi connectivity index (χ3v) is 6.13. The predicted molar refractivity (Wildman–Crippen MR) is 105 cm³/mol. The number of carbonyl (C=O) groups is 1. The van der Waals surface area contributed by atoms with Crippen LogP contribution in [0.3, 0.4) is 0 Å². The Bertz CT molecular complexity index is 698. The Labute approximate surface area is 162 Å². The van der Waals surface area contributed by atoms with Crippen LogP contribution in [0.15, 0.2) is 29.2 Å². The summed E-state index contributed by atoms with van der Waals surface area (Å²) in [6, 6.07) is 6.28. The minimum atomic E-state index is -3.51. The lowest BCUT2D eigenvalue weighted by Gasteiger charge is -2.35. The molecule has 1 fully saturated rings. The van der Waals surface area contributed by atoms with Crippen LogP contribution in [0.2, 0.25) is 0 Å². The number of morpholine rings is 1. The van der Waals surface area contributed by atoms with E-state index in [4.69, 9.17) is 4.74 Å². The van der Waals surface area contributed by atoms with E-state index in [1.165, 1.54) is 12.1 Å². The van der Waals surface area contributed by atoms with E-state index in [9.17, 15) is 13.2 Å². The van der Waals surface area contributed by atoms with Gasteiger partial charge in [-0.25, -0.2) is 13.1 Å². The van der Waals surface area contributed by atoms with Crippen molar-refractivity contribution in [1.82, 2.24) is 14.9 Å². The first-order valence-electron chi connectivity index (χ1n) is 9.53. The Kier molecular flexibility index (Phi) is 8.22. The van der Waals surface area contributed by atoms with Crippen LogP contribution in [-0.2, 0) is 14.8 Å². The molecule has 2 rings (SSSR count). The van der Waals surface area contributed by atoms with Gasteiger partial charge in [0.2, 0.25) is 10.0 Å². The predicted octanol–water partition coefficient (Wildman–Crippen LogP) is 1.46. The van der Waals surface area contributed by atoms with E-state index in [1.54, 1.807) is 19.1 Å². The Balaban J connectivity index is 1.98. The maximum atomic E-state index is 12.5. The van der Waals surface area contributed by atoms with Gasteiger partial charge >= 0.3 is 0 Å². The summed E-state index contributed by atoms with van der Waals surface area (Å²) >= 11 is 0. The van der Waals surface area contributed by atoms with Gasteiger partial charge in [0.15, 0.2) is 0 Å². The largest absolute Gasteiger partial charge is 0.379 e. The smallest absolute Gasteiger partial charge is 0.251 e. The summed E-state index contributed by atoms with van der Waals surface area (Å²) in [5.41, 5.74) is 0.454. The zero-order valence-electron chi connectivity index (χ0n) is 16.4. The molecule has 1 atom stereocenters. The molecule has 0 bridgehead atoms. The molecular formula is C19H31N3O4S. The van der Waals surface area contributed by atoms with Crippen molar-refractivity contribution in [2.45, 2.75) is 38.1 Å². The Morgan fingerprint density at radius 1 is 1.19 bits per heavy atom. The summed E-state index contributed by atoms with van der Waals surface area (Å²) < 4.78 is 31.8. The molecule has 1 aromatic carbocycles. The zero-order valence-corrected chi connectivity index (χ0v) is 17.2. The average Bonchev–Trinajstić information content (AvgIpc) is 2.65. The lowest BCUT2D eigenvalue weighted by molar-refractivity contribution is 0.0124. The van der Waals surface area contributed by atoms with E-state index in [-0.39, 0.29) is 16.8 Å². The molecule has 1 aliphatic heterocycles. The van der Waals surface area contributed by atoms with Gasteiger partial charge in [0.05, 0.1) is 18.1 Å². The molecule has 1 aromatic rings. The third kappa shape index (κ3) is 6.57. The van der Waals surface area contributed by atoms with Crippen molar-refractivity contribution in [1.29, 1.82) is 0 Å². The molecule has 8 heteroatoms. The highest BCUT2D eigenvalue weighted by Crippen LogP contribution is 2.14. The van der Waals surface area contributed by atoms with E-state index in [0.29, 0.717) is 24.6 Å². The maximum Gasteiger partial charge on any atom is 0.251 e. The highest BCUT2D eigenvalue weighted by molar-refractivity contribution is 7.89. The van der Waals surface area contributed by atoms with Gasteiger partial charge in [-0.3, -0.25) is 9.69 Å². The molecule has 0 aromatic heterocycles. The van der Waals surface area contributed by atoms with E-state index >= 15 is 0 Å². The molecule has 1 heterocycles. The highest BCUT2D eigenvalue weighted by Gasteiger charge is 2.22. The number of rotatable bonds is 9. The second-order valence-corrected chi connectivity index (χ2v) is 8.93. The Morgan fingerprint density at radius 3 is 2.37 bits per heavy atom. The minimum absolute atomic E-state index is 0.159. The first-order valence-corrected chi connectivity index (χ1v) is 11.0. The maximum absolute atomic E-state index is 12.5. The third-order valence-electron chi connectivity index (χ3n) is 4.56. The van der Waals surface area contributed by atoms with E-state index in [1.807, 2.05) is 0 Å². The van der Waals surface area contributed by atoms with Gasteiger partial charge in [-0.2, -0.15) is 0 Å². The average molecular weight is 398 g/mol. The molecule has 0 spiro atoms. The molecule has 0 radical (unpaired) electrons. The van der Waals surface area contributed by atoms with Crippen molar-refractivity contribution in [3.63, 3.8) is 0 Å². The van der Waals surface area contributed by atoms with Crippen molar-refractivity contribution >= 4 is 15.9 Å². The normalized spacial score (nSPS) is 17.0. The van der Waals surface area contributed by atoms with E-state index < -0.39 is 10.0 Å². The summed E-state index contributed by atoms with van der Waals surface area (Å²) in [4.78, 5) is 15.0. The van der Waals surface area contributed by atoms with Crippen molar-refractivity contribution in [2.24, 2.45) is 5.92 Å². The van der Waals surface area contributed by atoms with Crippen LogP contribution in [0.5, 0.6) is 0 Å². The van der Waals surface area contributed by atoms with Crippen LogP contribution in [0, 0.1) is 5.92 Å². The molecule has 27 heavy (non-hydrogen) atoms. The molecular weight excluding hydrogens is 366 g/mol. The van der Waals surface area contributed by atoms with Gasteiger partial charge < -0.3 is 10.1 Å². The first kappa shape index (κ1) is 21.8. The number of sulfonamides is 1. The first-order chi connectivity index (χ1) is 12.8. The van der Waals surface area contributed by atoms with E-state index in [0.717, 1.165) is 32.7 Å². The Hall–Kier alpha value is -1.48. The van der Waals surface area contributed by atoms with Gasteiger partial charge in [-0.15, -0.1) is 0 Å². The Morgan fingerprint density at radius 2 is 1.81 bits per heavy atom. The van der Waals surface area contributed by atoms with Crippen LogP contribution in [0.4, 0.5) is 0 Å². The molecule has 0 saturated carbocycles. The number of carbonyl (C=O) groups excluding carboxylic acids is 1. The van der Waals surface area contributed by atoms with Crippen molar-refractivity contribution in [2.75, 3.05) is 39.4 Å². The van der Waals surface area contributed by atoms with Crippen molar-refractivity contribution in [3.05, 3.63) is 29.8 Å². The van der Waals surface area contributed by atoms with Crippen LogP contribution in [0.25, 0.3) is 0 Å². The number of hydrogen-bond acceptors (Lipinski definition) is 5. The molecule has 1 amide bonds. The fourth-order valence-electron chi connectivity index (χ4n) is 3.22. The van der Waals surface area contributed by atoms with Gasteiger partial charge in [-0.05, 0) is 36.6 Å². The fourth-order valence-corrected chi connectivity index (χ4v) is 4.26.